The summed E-state index contributed by atoms with van der Waals surface area (Å²) in [5, 5.41) is 23.4. The zero-order valence-electron chi connectivity index (χ0n) is 21.8. The largest absolute Gasteiger partial charge is 0.481 e. The first kappa shape index (κ1) is 27.4. The molecule has 0 aromatic heterocycles. The Morgan fingerprint density at radius 2 is 1.86 bits per heavy atom. The molecule has 2 atom stereocenters. The van der Waals surface area contributed by atoms with Gasteiger partial charge in [0.05, 0.1) is 18.8 Å². The van der Waals surface area contributed by atoms with Crippen LogP contribution in [0.15, 0.2) is 42.5 Å². The lowest BCUT2D eigenvalue weighted by atomic mass is 9.88. The van der Waals surface area contributed by atoms with Gasteiger partial charge in [0.1, 0.15) is 0 Å². The first-order chi connectivity index (χ1) is 16.7. The highest BCUT2D eigenvalue weighted by Gasteiger charge is 2.28. The molecule has 0 bridgehead atoms. The lowest BCUT2D eigenvalue weighted by Gasteiger charge is -2.31. The number of nitrogens with one attached hydrogen (secondary N) is 1. The van der Waals surface area contributed by atoms with Gasteiger partial charge in [-0.05, 0) is 81.0 Å². The van der Waals surface area contributed by atoms with Gasteiger partial charge in [-0.25, -0.2) is 0 Å². The Morgan fingerprint density at radius 1 is 1.17 bits per heavy atom. The number of β-amino-alcohol motifs (C(OH)–C–C–N with tert-alkyl or cyclic N) is 1. The molecule has 5 heteroatoms. The van der Waals surface area contributed by atoms with Crippen LogP contribution >= 0.6 is 0 Å². The summed E-state index contributed by atoms with van der Waals surface area (Å²) in [6.07, 6.45) is 4.93. The van der Waals surface area contributed by atoms with Gasteiger partial charge in [0.25, 0.3) is 0 Å². The zero-order chi connectivity index (χ0) is 25.4. The number of fused-ring (bicyclic) bond motifs is 1. The topological polar surface area (TPSA) is 78.8 Å². The summed E-state index contributed by atoms with van der Waals surface area (Å²) in [5.74, 6) is -0.168. The highest BCUT2D eigenvalue weighted by atomic mass is 16.5. The van der Waals surface area contributed by atoms with E-state index in [-0.39, 0.29) is 24.7 Å². The third-order valence-electron chi connectivity index (χ3n) is 7.05. The molecule has 1 aliphatic rings. The number of aliphatic carboxylic acids is 1. The van der Waals surface area contributed by atoms with Crippen LogP contribution in [-0.4, -0.2) is 41.0 Å². The van der Waals surface area contributed by atoms with Crippen molar-refractivity contribution in [2.24, 2.45) is 5.92 Å². The monoisotopic (exact) mass is 481 g/mol. The van der Waals surface area contributed by atoms with Gasteiger partial charge >= 0.3 is 5.97 Å². The van der Waals surface area contributed by atoms with E-state index in [1.807, 2.05) is 13.0 Å². The molecule has 2 aromatic carbocycles. The van der Waals surface area contributed by atoms with Crippen molar-refractivity contribution in [1.29, 1.82) is 0 Å². The van der Waals surface area contributed by atoms with Gasteiger partial charge in [0.15, 0.2) is 0 Å². The molecule has 1 aliphatic carbocycles. The zero-order valence-corrected chi connectivity index (χ0v) is 21.8. The fourth-order valence-electron chi connectivity index (χ4n) is 5.37. The minimum Gasteiger partial charge on any atom is -0.481 e. The minimum absolute atomic E-state index is 0.0720. The van der Waals surface area contributed by atoms with Gasteiger partial charge in [-0.15, -0.1) is 0 Å². The minimum atomic E-state index is -0.795. The molecule has 3 N–H and O–H groups in total. The third-order valence-corrected chi connectivity index (χ3v) is 7.05. The van der Waals surface area contributed by atoms with Crippen molar-refractivity contribution in [2.75, 3.05) is 13.2 Å². The second kappa shape index (κ2) is 12.7. The van der Waals surface area contributed by atoms with Crippen LogP contribution < -0.4 is 5.32 Å². The van der Waals surface area contributed by atoms with Crippen LogP contribution in [0, 0.1) is 12.8 Å². The number of aryl methyl sites for hydroxylation is 2. The van der Waals surface area contributed by atoms with Crippen molar-refractivity contribution in [2.45, 2.75) is 90.4 Å². The number of aliphatic hydroxyl groups excluding tert-OH is 1. The first-order valence-electron chi connectivity index (χ1n) is 13.1. The molecule has 35 heavy (non-hydrogen) atoms. The maximum absolute atomic E-state index is 11.1. The predicted octanol–water partition coefficient (Wildman–Crippen LogP) is 5.40. The van der Waals surface area contributed by atoms with E-state index in [2.05, 4.69) is 62.5 Å². The summed E-state index contributed by atoms with van der Waals surface area (Å²) in [6, 6.07) is 14.9. The normalized spacial score (nSPS) is 15.7. The van der Waals surface area contributed by atoms with Crippen LogP contribution in [-0.2, 0) is 28.8 Å². The van der Waals surface area contributed by atoms with E-state index in [9.17, 15) is 9.90 Å². The maximum Gasteiger partial charge on any atom is 0.303 e. The van der Waals surface area contributed by atoms with E-state index in [4.69, 9.17) is 9.84 Å². The number of aliphatic hydroxyl groups is 1. The van der Waals surface area contributed by atoms with Gasteiger partial charge < -0.3 is 20.3 Å². The van der Waals surface area contributed by atoms with Gasteiger partial charge in [-0.1, -0.05) is 61.4 Å². The molecule has 192 valence electrons. The molecule has 0 spiro atoms. The summed E-state index contributed by atoms with van der Waals surface area (Å²) >= 11 is 0. The van der Waals surface area contributed by atoms with Gasteiger partial charge in [0, 0.05) is 18.5 Å². The molecule has 2 aromatic rings. The molecule has 0 radical (unpaired) electrons. The van der Waals surface area contributed by atoms with Crippen molar-refractivity contribution < 1.29 is 19.7 Å². The SMILES string of the molecule is CCC[C@@H](OC[C@H](O)CNC(C)(C)CC1Cc2ccccc2C1)c1ccc(C)cc1CCC(=O)O. The Balaban J connectivity index is 1.51. The molecule has 0 fully saturated rings. The highest BCUT2D eigenvalue weighted by Crippen LogP contribution is 2.32. The molecular formula is C30H43NO4. The summed E-state index contributed by atoms with van der Waals surface area (Å²) in [4.78, 5) is 11.1. The fourth-order valence-corrected chi connectivity index (χ4v) is 5.37. The summed E-state index contributed by atoms with van der Waals surface area (Å²) < 4.78 is 6.22. The first-order valence-corrected chi connectivity index (χ1v) is 13.1. The number of carbonyl (C=O) groups is 1. The Morgan fingerprint density at radius 3 is 2.49 bits per heavy atom. The molecule has 0 amide bonds. The molecule has 3 rings (SSSR count). The summed E-state index contributed by atoms with van der Waals surface area (Å²) in [7, 11) is 0. The van der Waals surface area contributed by atoms with Crippen molar-refractivity contribution in [3.8, 4) is 0 Å². The molecule has 5 nitrogen and oxygen atoms in total. The molecular weight excluding hydrogens is 438 g/mol. The molecule has 0 saturated heterocycles. The molecule has 0 aliphatic heterocycles. The molecule has 0 saturated carbocycles. The van der Waals surface area contributed by atoms with Gasteiger partial charge in [-0.2, -0.15) is 0 Å². The number of carboxylic acid groups (broad SMARTS) is 1. The number of carboxylic acids is 1. The van der Waals surface area contributed by atoms with E-state index in [0.717, 1.165) is 48.8 Å². The van der Waals surface area contributed by atoms with E-state index in [1.165, 1.54) is 11.1 Å². The quantitative estimate of drug-likeness (QED) is 0.337. The van der Waals surface area contributed by atoms with Crippen LogP contribution in [0.1, 0.15) is 80.4 Å². The van der Waals surface area contributed by atoms with Crippen LogP contribution in [0.25, 0.3) is 0 Å². The number of ether oxygens (including phenoxy) is 1. The Hall–Kier alpha value is -2.21. The maximum atomic E-state index is 11.1. The Kier molecular flexibility index (Phi) is 9.90. The Bertz CT molecular complexity index is 946. The lowest BCUT2D eigenvalue weighted by Crippen LogP contribution is -2.45. The van der Waals surface area contributed by atoms with Gasteiger partial charge in [0.2, 0.25) is 0 Å². The third kappa shape index (κ3) is 8.45. The summed E-state index contributed by atoms with van der Waals surface area (Å²) in [6.45, 7) is 9.28. The highest BCUT2D eigenvalue weighted by molar-refractivity contribution is 5.67. The van der Waals surface area contributed by atoms with E-state index in [0.29, 0.717) is 18.9 Å². The standard InChI is InChI=1S/C30H43NO4/c1-5-8-28(27-13-11-21(2)15-25(27)12-14-29(33)34)35-20-26(32)19-31-30(3,4)18-22-16-23-9-6-7-10-24(23)17-22/h6-7,9-11,13,15,22,26,28,31-32H,5,8,12,14,16-20H2,1-4H3,(H,33,34)/t26-,28-/m1/s1. The second-order valence-electron chi connectivity index (χ2n) is 10.9. The number of hydrogen-bond donors (Lipinski definition) is 3. The lowest BCUT2D eigenvalue weighted by molar-refractivity contribution is -0.136. The van der Waals surface area contributed by atoms with Gasteiger partial charge in [-0.3, -0.25) is 4.79 Å². The summed E-state index contributed by atoms with van der Waals surface area (Å²) in [5.41, 5.74) is 6.06. The van der Waals surface area contributed by atoms with Crippen LogP contribution in [0.5, 0.6) is 0 Å². The van der Waals surface area contributed by atoms with E-state index >= 15 is 0 Å². The van der Waals surface area contributed by atoms with Crippen molar-refractivity contribution in [3.05, 3.63) is 70.3 Å². The molecule has 0 heterocycles. The van der Waals surface area contributed by atoms with E-state index in [1.54, 1.807) is 0 Å². The fraction of sp³-hybridized carbons (Fsp3) is 0.567. The number of benzene rings is 2. The average molecular weight is 482 g/mol. The second-order valence-corrected chi connectivity index (χ2v) is 10.9. The molecule has 0 unspecified atom stereocenters. The van der Waals surface area contributed by atoms with E-state index < -0.39 is 12.1 Å². The number of rotatable bonds is 14. The average Bonchev–Trinajstić information content (AvgIpc) is 3.21. The number of hydrogen-bond acceptors (Lipinski definition) is 4. The van der Waals surface area contributed by atoms with Crippen LogP contribution in [0.3, 0.4) is 0 Å². The predicted molar refractivity (Wildman–Crippen MR) is 141 cm³/mol. The Labute approximate surface area is 210 Å². The van der Waals surface area contributed by atoms with Crippen molar-refractivity contribution in [1.82, 2.24) is 5.32 Å². The van der Waals surface area contributed by atoms with Crippen LogP contribution in [0.2, 0.25) is 0 Å². The van der Waals surface area contributed by atoms with Crippen molar-refractivity contribution >= 4 is 5.97 Å². The van der Waals surface area contributed by atoms with Crippen molar-refractivity contribution in [3.63, 3.8) is 0 Å². The smallest absolute Gasteiger partial charge is 0.303 e. The van der Waals surface area contributed by atoms with Crippen LogP contribution in [0.4, 0.5) is 0 Å².